The Labute approximate surface area is 295 Å². The smallest absolute Gasteiger partial charge is 0.326 e. The average Bonchev–Trinajstić information content (AvgIpc) is 3.03. The Balaban J connectivity index is 0.00000104. The molecular formula is C39H64N2O8. The number of ketones is 1. The molecule has 0 saturated carbocycles. The van der Waals surface area contributed by atoms with Crippen molar-refractivity contribution in [3.63, 3.8) is 0 Å². The van der Waals surface area contributed by atoms with Gasteiger partial charge < -0.3 is 25.6 Å². The largest absolute Gasteiger partial charge is 0.494 e. The zero-order valence-corrected chi connectivity index (χ0v) is 30.8. The highest BCUT2D eigenvalue weighted by Gasteiger charge is 2.25. The minimum Gasteiger partial charge on any atom is -0.494 e. The quantitative estimate of drug-likeness (QED) is 0.0368. The van der Waals surface area contributed by atoms with Crippen molar-refractivity contribution in [2.45, 2.75) is 155 Å². The first-order valence-corrected chi connectivity index (χ1v) is 18.1. The van der Waals surface area contributed by atoms with Crippen LogP contribution in [0.2, 0.25) is 0 Å². The van der Waals surface area contributed by atoms with E-state index in [9.17, 15) is 24.0 Å². The maximum atomic E-state index is 12.2. The molecule has 10 heteroatoms. The summed E-state index contributed by atoms with van der Waals surface area (Å²) in [6.45, 7) is 10.4. The number of amides is 2. The van der Waals surface area contributed by atoms with E-state index in [-0.39, 0.29) is 18.8 Å². The number of primary amides is 1. The van der Waals surface area contributed by atoms with Gasteiger partial charge in [0, 0.05) is 25.7 Å². The molecule has 0 unspecified atom stereocenters. The van der Waals surface area contributed by atoms with Crippen LogP contribution >= 0.6 is 0 Å². The summed E-state index contributed by atoms with van der Waals surface area (Å²) in [5.41, 5.74) is 5.53. The predicted molar refractivity (Wildman–Crippen MR) is 194 cm³/mol. The lowest BCUT2D eigenvalue weighted by Crippen LogP contribution is -2.37. The molecule has 0 heterocycles. The summed E-state index contributed by atoms with van der Waals surface area (Å²) in [6, 6.07) is 6.34. The Morgan fingerprint density at radius 2 is 1.45 bits per heavy atom. The molecule has 0 spiro atoms. The molecule has 278 valence electrons. The zero-order valence-electron chi connectivity index (χ0n) is 30.8. The van der Waals surface area contributed by atoms with Gasteiger partial charge in [0.25, 0.3) is 0 Å². The van der Waals surface area contributed by atoms with Crippen LogP contribution in [0.25, 0.3) is 0 Å². The summed E-state index contributed by atoms with van der Waals surface area (Å²) < 4.78 is 10.9. The number of aliphatic carboxylic acids is 1. The van der Waals surface area contributed by atoms with Gasteiger partial charge in [-0.05, 0) is 77.0 Å². The van der Waals surface area contributed by atoms with Gasteiger partial charge in [0.1, 0.15) is 23.2 Å². The molecule has 2 amide bonds. The molecule has 0 aliphatic carbocycles. The summed E-state index contributed by atoms with van der Waals surface area (Å²) in [4.78, 5) is 56.5. The van der Waals surface area contributed by atoms with Crippen LogP contribution in [0, 0.1) is 5.92 Å². The number of hydrogen-bond acceptors (Lipinski definition) is 7. The van der Waals surface area contributed by atoms with Gasteiger partial charge in [-0.25, -0.2) is 4.79 Å². The number of esters is 1. The lowest BCUT2D eigenvalue weighted by molar-refractivity contribution is -0.161. The molecule has 0 bridgehead atoms. The molecule has 10 nitrogen and oxygen atoms in total. The fraction of sp³-hybridized carbons (Fsp3) is 0.667. The second-order valence-electron chi connectivity index (χ2n) is 13.5. The van der Waals surface area contributed by atoms with E-state index >= 15 is 0 Å². The van der Waals surface area contributed by atoms with E-state index < -0.39 is 29.4 Å². The summed E-state index contributed by atoms with van der Waals surface area (Å²) in [7, 11) is 0. The normalized spacial score (nSPS) is 12.3. The van der Waals surface area contributed by atoms with Crippen LogP contribution in [0.1, 0.15) is 143 Å². The van der Waals surface area contributed by atoms with Crippen molar-refractivity contribution in [3.8, 4) is 5.75 Å². The summed E-state index contributed by atoms with van der Waals surface area (Å²) in [6.07, 6.45) is 19.8. The third-order valence-corrected chi connectivity index (χ3v) is 7.61. The maximum Gasteiger partial charge on any atom is 0.326 e. The van der Waals surface area contributed by atoms with E-state index in [0.717, 1.165) is 69.1 Å². The maximum absolute atomic E-state index is 12.2. The highest BCUT2D eigenvalue weighted by molar-refractivity contribution is 5.82. The number of Topliss-reactive ketones (excluding diaryl/α,β-unsaturated/α-hetero) is 1. The number of nitrogens with one attached hydrogen (secondary N) is 1. The second-order valence-corrected chi connectivity index (χ2v) is 13.5. The van der Waals surface area contributed by atoms with E-state index in [1.54, 1.807) is 0 Å². The van der Waals surface area contributed by atoms with E-state index in [2.05, 4.69) is 25.2 Å². The van der Waals surface area contributed by atoms with Crippen LogP contribution in [-0.2, 0) is 35.1 Å². The van der Waals surface area contributed by atoms with Crippen LogP contribution in [-0.4, -0.2) is 53.4 Å². The Bertz CT molecular complexity index is 1100. The third-order valence-electron chi connectivity index (χ3n) is 7.61. The highest BCUT2D eigenvalue weighted by Crippen LogP contribution is 2.18. The number of carbonyl (C=O) groups is 5. The summed E-state index contributed by atoms with van der Waals surface area (Å²) in [5.74, 6) is -1.25. The molecule has 0 radical (unpaired) electrons. The fourth-order valence-electron chi connectivity index (χ4n) is 4.85. The molecule has 0 saturated heterocycles. The number of hydrogen-bond donors (Lipinski definition) is 3. The first-order valence-electron chi connectivity index (χ1n) is 18.1. The van der Waals surface area contributed by atoms with E-state index in [1.165, 1.54) is 25.7 Å². The zero-order chi connectivity index (χ0) is 36.9. The van der Waals surface area contributed by atoms with Gasteiger partial charge in [0.15, 0.2) is 0 Å². The minimum atomic E-state index is -1.05. The molecular weight excluding hydrogens is 624 g/mol. The highest BCUT2D eigenvalue weighted by atomic mass is 16.6. The van der Waals surface area contributed by atoms with Crippen molar-refractivity contribution in [3.05, 3.63) is 42.0 Å². The number of benzene rings is 1. The van der Waals surface area contributed by atoms with Crippen LogP contribution in [0.15, 0.2) is 36.4 Å². The van der Waals surface area contributed by atoms with Gasteiger partial charge in [-0.3, -0.25) is 19.2 Å². The second kappa shape index (κ2) is 28.2. The van der Waals surface area contributed by atoms with Gasteiger partial charge >= 0.3 is 11.9 Å². The SMILES string of the molecule is CCCCCCCC(=O)CCCCCC/C=C/C[C@@H](CC(N)=O)C(=O)OC(C)(C)C.CCCCOc1ccc(C[C@H](NC=O)C(=O)O)cc1. The minimum absolute atomic E-state index is 0.00584. The monoisotopic (exact) mass is 688 g/mol. The Morgan fingerprint density at radius 3 is 1.98 bits per heavy atom. The molecule has 1 aromatic carbocycles. The van der Waals surface area contributed by atoms with Crippen LogP contribution in [0.5, 0.6) is 5.75 Å². The molecule has 1 aromatic rings. The number of rotatable bonds is 27. The lowest BCUT2D eigenvalue weighted by Gasteiger charge is -2.23. The molecule has 0 aliphatic heterocycles. The fourth-order valence-corrected chi connectivity index (χ4v) is 4.85. The molecule has 1 rings (SSSR count). The predicted octanol–water partition coefficient (Wildman–Crippen LogP) is 7.64. The molecule has 0 aliphatic rings. The van der Waals surface area contributed by atoms with Crippen molar-refractivity contribution in [1.29, 1.82) is 0 Å². The third kappa shape index (κ3) is 26.9. The number of allylic oxidation sites excluding steroid dienone is 2. The Hall–Kier alpha value is -3.69. The number of carbonyl (C=O) groups excluding carboxylic acids is 4. The first-order chi connectivity index (χ1) is 23.3. The van der Waals surface area contributed by atoms with Crippen molar-refractivity contribution >= 4 is 30.0 Å². The molecule has 2 atom stereocenters. The van der Waals surface area contributed by atoms with E-state index in [1.807, 2.05) is 51.1 Å². The summed E-state index contributed by atoms with van der Waals surface area (Å²) >= 11 is 0. The Kier molecular flexibility index (Phi) is 26.1. The van der Waals surface area contributed by atoms with Gasteiger partial charge in [-0.15, -0.1) is 0 Å². The first kappa shape index (κ1) is 45.3. The van der Waals surface area contributed by atoms with Gasteiger partial charge in [0.05, 0.1) is 12.5 Å². The van der Waals surface area contributed by atoms with Crippen molar-refractivity contribution < 1.29 is 38.6 Å². The number of unbranched alkanes of at least 4 members (excludes halogenated alkanes) is 9. The van der Waals surface area contributed by atoms with Gasteiger partial charge in [-0.2, -0.15) is 0 Å². The molecule has 0 fully saturated rings. The van der Waals surface area contributed by atoms with Crippen LogP contribution < -0.4 is 15.8 Å². The molecule has 4 N–H and O–H groups in total. The topological polar surface area (TPSA) is 162 Å². The number of ether oxygens (including phenoxy) is 2. The standard InChI is InChI=1S/C25H45NO4.C14H19NO4/c1-5-6-7-11-15-18-22(27)19-16-13-10-8-9-12-14-17-21(20-23(26)28)24(29)30-25(2,3)4;1-2-3-8-19-12-6-4-11(5-7-12)9-13(14(17)18)15-10-16/h12,14,21H,5-11,13,15-20H2,1-4H3,(H2,26,28);4-7,10,13H,2-3,8-9H2,1H3,(H,15,16)(H,17,18)/b14-12+;/t21-;13-/m00/s1. The van der Waals surface area contributed by atoms with E-state index in [0.29, 0.717) is 31.6 Å². The van der Waals surface area contributed by atoms with Gasteiger partial charge in [0.2, 0.25) is 12.3 Å². The van der Waals surface area contributed by atoms with E-state index in [4.69, 9.17) is 20.3 Å². The van der Waals surface area contributed by atoms with Crippen molar-refractivity contribution in [2.75, 3.05) is 6.61 Å². The number of carboxylic acids is 1. The van der Waals surface area contributed by atoms with Crippen molar-refractivity contribution in [1.82, 2.24) is 5.32 Å². The number of carboxylic acid groups (broad SMARTS) is 1. The Morgan fingerprint density at radius 1 is 0.857 bits per heavy atom. The molecule has 0 aromatic heterocycles. The van der Waals surface area contributed by atoms with Gasteiger partial charge in [-0.1, -0.05) is 83.1 Å². The summed E-state index contributed by atoms with van der Waals surface area (Å²) in [5, 5.41) is 11.2. The van der Waals surface area contributed by atoms with Crippen LogP contribution in [0.4, 0.5) is 0 Å². The average molecular weight is 689 g/mol. The van der Waals surface area contributed by atoms with Crippen LogP contribution in [0.3, 0.4) is 0 Å². The lowest BCUT2D eigenvalue weighted by atomic mass is 9.99. The van der Waals surface area contributed by atoms with Crippen molar-refractivity contribution in [2.24, 2.45) is 11.7 Å². The number of nitrogens with two attached hydrogens (primary N) is 1. The molecule has 49 heavy (non-hydrogen) atoms.